The normalized spacial score (nSPS) is 10.4. The zero-order valence-corrected chi connectivity index (χ0v) is 17.7. The lowest BCUT2D eigenvalue weighted by Gasteiger charge is -2.10. The molecule has 7 nitrogen and oxygen atoms in total. The number of hydrogen-bond donors (Lipinski definition) is 1. The van der Waals surface area contributed by atoms with E-state index in [9.17, 15) is 9.59 Å². The first-order valence-electron chi connectivity index (χ1n) is 9.10. The van der Waals surface area contributed by atoms with Gasteiger partial charge in [-0.2, -0.15) is 0 Å². The maximum Gasteiger partial charge on any atom is 0.339 e. The van der Waals surface area contributed by atoms with Crippen molar-refractivity contribution in [1.29, 1.82) is 0 Å². The first-order chi connectivity index (χ1) is 14.5. The maximum atomic E-state index is 12.4. The number of para-hydroxylation sites is 1. The predicted molar refractivity (Wildman–Crippen MR) is 116 cm³/mol. The molecule has 0 aliphatic rings. The third kappa shape index (κ3) is 5.36. The van der Waals surface area contributed by atoms with Gasteiger partial charge in [-0.15, -0.1) is 0 Å². The van der Waals surface area contributed by atoms with Gasteiger partial charge in [0.25, 0.3) is 0 Å². The summed E-state index contributed by atoms with van der Waals surface area (Å²) in [7, 11) is 2.91. The Balaban J connectivity index is 1.69. The largest absolute Gasteiger partial charge is 0.497 e. The van der Waals surface area contributed by atoms with Gasteiger partial charge in [0.2, 0.25) is 5.91 Å². The second kappa shape index (κ2) is 9.89. The third-order valence-corrected chi connectivity index (χ3v) is 5.05. The number of ether oxygens (including phenoxy) is 2. The van der Waals surface area contributed by atoms with Crippen molar-refractivity contribution in [3.05, 3.63) is 65.9 Å². The number of nitrogens with one attached hydrogen (secondary N) is 1. The van der Waals surface area contributed by atoms with Gasteiger partial charge in [0.15, 0.2) is 5.82 Å². The fraction of sp³-hybridized carbons (Fsp3) is 0.182. The molecular formula is C22H21N3O4S. The minimum atomic E-state index is -0.505. The molecule has 0 spiro atoms. The predicted octanol–water partition coefficient (Wildman–Crippen LogP) is 3.98. The molecule has 1 heterocycles. The molecule has 1 amide bonds. The Morgan fingerprint density at radius 2 is 1.77 bits per heavy atom. The first-order valence-corrected chi connectivity index (χ1v) is 10.1. The Morgan fingerprint density at radius 1 is 1.03 bits per heavy atom. The highest BCUT2D eigenvalue weighted by Gasteiger charge is 2.14. The van der Waals surface area contributed by atoms with Crippen molar-refractivity contribution >= 4 is 29.3 Å². The number of methoxy groups -OCH3 is 2. The van der Waals surface area contributed by atoms with Gasteiger partial charge in [-0.1, -0.05) is 23.9 Å². The number of carbonyl (C=O) groups excluding carboxylic acids is 2. The maximum absolute atomic E-state index is 12.4. The van der Waals surface area contributed by atoms with Crippen LogP contribution in [0, 0.1) is 6.92 Å². The highest BCUT2D eigenvalue weighted by atomic mass is 32.2. The van der Waals surface area contributed by atoms with Gasteiger partial charge in [-0.05, 0) is 49.4 Å². The van der Waals surface area contributed by atoms with E-state index in [-0.39, 0.29) is 11.7 Å². The van der Waals surface area contributed by atoms with Crippen molar-refractivity contribution in [3.8, 4) is 17.1 Å². The number of thioether (sulfide) groups is 1. The van der Waals surface area contributed by atoms with Crippen LogP contribution in [0.2, 0.25) is 0 Å². The third-order valence-electron chi connectivity index (χ3n) is 4.14. The number of amides is 1. The van der Waals surface area contributed by atoms with E-state index in [4.69, 9.17) is 9.47 Å². The summed E-state index contributed by atoms with van der Waals surface area (Å²) in [5.74, 6) is 0.711. The Kier molecular flexibility index (Phi) is 7.03. The molecule has 1 N–H and O–H groups in total. The molecule has 0 aliphatic carbocycles. The van der Waals surface area contributed by atoms with Crippen LogP contribution in [0.4, 0.5) is 5.69 Å². The van der Waals surface area contributed by atoms with Crippen molar-refractivity contribution in [2.24, 2.45) is 0 Å². The smallest absolute Gasteiger partial charge is 0.339 e. The highest BCUT2D eigenvalue weighted by molar-refractivity contribution is 7.99. The quantitative estimate of drug-likeness (QED) is 0.349. The standard InChI is InChI=1S/C22H21N3O4S/c1-14-12-20(25-21(23-14)15-8-10-16(28-2)11-9-15)30-13-19(26)24-18-7-5-4-6-17(18)22(27)29-3/h4-12H,13H2,1-3H3,(H,24,26). The molecule has 0 radical (unpaired) electrons. The lowest BCUT2D eigenvalue weighted by molar-refractivity contribution is -0.113. The lowest BCUT2D eigenvalue weighted by atomic mass is 10.2. The minimum absolute atomic E-state index is 0.133. The van der Waals surface area contributed by atoms with E-state index < -0.39 is 5.97 Å². The molecule has 2 aromatic carbocycles. The zero-order chi connectivity index (χ0) is 21.5. The first kappa shape index (κ1) is 21.3. The number of rotatable bonds is 7. The van der Waals surface area contributed by atoms with E-state index in [1.807, 2.05) is 37.3 Å². The van der Waals surface area contributed by atoms with Crippen molar-refractivity contribution in [1.82, 2.24) is 9.97 Å². The van der Waals surface area contributed by atoms with Crippen LogP contribution in [0.15, 0.2) is 59.6 Å². The number of hydrogen-bond acceptors (Lipinski definition) is 7. The number of aryl methyl sites for hydroxylation is 1. The van der Waals surface area contributed by atoms with Gasteiger partial charge >= 0.3 is 5.97 Å². The molecule has 8 heteroatoms. The van der Waals surface area contributed by atoms with E-state index in [0.717, 1.165) is 17.0 Å². The van der Waals surface area contributed by atoms with Crippen molar-refractivity contribution in [2.45, 2.75) is 11.9 Å². The average molecular weight is 423 g/mol. The molecule has 30 heavy (non-hydrogen) atoms. The van der Waals surface area contributed by atoms with Crippen LogP contribution in [0.1, 0.15) is 16.1 Å². The summed E-state index contributed by atoms with van der Waals surface area (Å²) in [5, 5.41) is 3.44. The van der Waals surface area contributed by atoms with E-state index >= 15 is 0 Å². The number of anilines is 1. The Hall–Kier alpha value is -3.39. The summed E-state index contributed by atoms with van der Waals surface area (Å²) in [4.78, 5) is 33.3. The molecule has 0 bridgehead atoms. The van der Waals surface area contributed by atoms with Gasteiger partial charge in [0, 0.05) is 11.3 Å². The second-order valence-corrected chi connectivity index (χ2v) is 7.27. The van der Waals surface area contributed by atoms with Gasteiger partial charge in [-0.3, -0.25) is 4.79 Å². The van der Waals surface area contributed by atoms with Crippen molar-refractivity contribution in [2.75, 3.05) is 25.3 Å². The highest BCUT2D eigenvalue weighted by Crippen LogP contribution is 2.24. The number of nitrogens with zero attached hydrogens (tertiary/aromatic N) is 2. The molecule has 0 unspecified atom stereocenters. The molecule has 0 saturated carbocycles. The molecule has 1 aromatic heterocycles. The van der Waals surface area contributed by atoms with E-state index in [1.54, 1.807) is 31.4 Å². The molecule has 3 rings (SSSR count). The van der Waals surface area contributed by atoms with Gasteiger partial charge in [0.05, 0.1) is 31.2 Å². The molecular weight excluding hydrogens is 402 g/mol. The van der Waals surface area contributed by atoms with Crippen LogP contribution >= 0.6 is 11.8 Å². The van der Waals surface area contributed by atoms with Crippen LogP contribution < -0.4 is 10.1 Å². The fourth-order valence-corrected chi connectivity index (χ4v) is 3.44. The second-order valence-electron chi connectivity index (χ2n) is 6.27. The van der Waals surface area contributed by atoms with Crippen molar-refractivity contribution < 1.29 is 19.1 Å². The summed E-state index contributed by atoms with van der Waals surface area (Å²) < 4.78 is 9.93. The minimum Gasteiger partial charge on any atom is -0.497 e. The summed E-state index contributed by atoms with van der Waals surface area (Å²) in [5.41, 5.74) is 2.37. The van der Waals surface area contributed by atoms with E-state index in [2.05, 4.69) is 15.3 Å². The Labute approximate surface area is 178 Å². The number of benzene rings is 2. The van der Waals surface area contributed by atoms with Crippen LogP contribution in [-0.4, -0.2) is 41.8 Å². The van der Waals surface area contributed by atoms with E-state index in [1.165, 1.54) is 18.9 Å². The molecule has 3 aromatic rings. The summed E-state index contributed by atoms with van der Waals surface area (Å²) in [6, 6.07) is 16.0. The van der Waals surface area contributed by atoms with Crippen molar-refractivity contribution in [3.63, 3.8) is 0 Å². The average Bonchev–Trinajstić information content (AvgIpc) is 2.77. The van der Waals surface area contributed by atoms with Gasteiger partial charge in [0.1, 0.15) is 10.8 Å². The van der Waals surface area contributed by atoms with Gasteiger partial charge in [-0.25, -0.2) is 14.8 Å². The van der Waals surface area contributed by atoms with Gasteiger partial charge < -0.3 is 14.8 Å². The zero-order valence-electron chi connectivity index (χ0n) is 16.8. The van der Waals surface area contributed by atoms with E-state index in [0.29, 0.717) is 22.1 Å². The van der Waals surface area contributed by atoms with Crippen LogP contribution in [0.3, 0.4) is 0 Å². The number of esters is 1. The van der Waals surface area contributed by atoms with Crippen LogP contribution in [0.5, 0.6) is 5.75 Å². The number of carbonyl (C=O) groups is 2. The summed E-state index contributed by atoms with van der Waals surface area (Å²) in [6.45, 7) is 1.88. The molecule has 0 fully saturated rings. The molecule has 0 atom stereocenters. The topological polar surface area (TPSA) is 90.4 Å². The van der Waals surface area contributed by atoms with Crippen LogP contribution in [-0.2, 0) is 9.53 Å². The summed E-state index contributed by atoms with van der Waals surface area (Å²) >= 11 is 1.29. The fourth-order valence-electron chi connectivity index (χ4n) is 2.69. The summed E-state index contributed by atoms with van der Waals surface area (Å²) in [6.07, 6.45) is 0. The molecule has 0 saturated heterocycles. The Morgan fingerprint density at radius 3 is 2.47 bits per heavy atom. The number of aromatic nitrogens is 2. The lowest BCUT2D eigenvalue weighted by Crippen LogP contribution is -2.17. The Bertz CT molecular complexity index is 1050. The SMILES string of the molecule is COC(=O)c1ccccc1NC(=O)CSc1cc(C)nc(-c2ccc(OC)cc2)n1. The monoisotopic (exact) mass is 423 g/mol. The van der Waals surface area contributed by atoms with Crippen LogP contribution in [0.25, 0.3) is 11.4 Å². The molecule has 0 aliphatic heterocycles. The molecule has 154 valence electrons.